The summed E-state index contributed by atoms with van der Waals surface area (Å²) in [4.78, 5) is 11.2. The molecule has 1 aromatic rings. The van der Waals surface area contributed by atoms with Crippen molar-refractivity contribution < 1.29 is 4.79 Å². The lowest BCUT2D eigenvalue weighted by molar-refractivity contribution is 0.223. The second-order valence-electron chi connectivity index (χ2n) is 3.01. The quantitative estimate of drug-likeness (QED) is 0.460. The average molecular weight is 258 g/mol. The fourth-order valence-electron chi connectivity index (χ4n) is 0.934. The van der Waals surface area contributed by atoms with Crippen LogP contribution >= 0.6 is 15.9 Å². The van der Waals surface area contributed by atoms with Crippen LogP contribution in [-0.4, -0.2) is 18.1 Å². The number of hydrogen-bond donors (Lipinski definition) is 2. The van der Waals surface area contributed by atoms with Gasteiger partial charge < -0.3 is 5.32 Å². The van der Waals surface area contributed by atoms with E-state index in [0.29, 0.717) is 0 Å². The molecule has 0 aliphatic rings. The first kappa shape index (κ1) is 11.0. The van der Waals surface area contributed by atoms with Crippen molar-refractivity contribution in [2.24, 2.45) is 5.84 Å². The summed E-state index contributed by atoms with van der Waals surface area (Å²) in [5, 5.41) is 3.65. The molecule has 0 heterocycles. The highest BCUT2D eigenvalue weighted by molar-refractivity contribution is 9.10. The van der Waals surface area contributed by atoms with Gasteiger partial charge in [0.15, 0.2) is 0 Å². The highest BCUT2D eigenvalue weighted by Gasteiger charge is 2.04. The normalized spacial score (nSPS) is 9.71. The minimum atomic E-state index is -0.341. The lowest BCUT2D eigenvalue weighted by atomic mass is 10.2. The van der Waals surface area contributed by atoms with Gasteiger partial charge in [-0.05, 0) is 30.7 Å². The third-order valence-electron chi connectivity index (χ3n) is 1.73. The molecule has 2 amide bonds. The number of nitrogens with zero attached hydrogens (tertiary/aromatic N) is 1. The Bertz CT molecular complexity index is 352. The van der Waals surface area contributed by atoms with Crippen molar-refractivity contribution in [3.05, 3.63) is 28.2 Å². The number of nitrogens with one attached hydrogen (secondary N) is 1. The lowest BCUT2D eigenvalue weighted by Gasteiger charge is -2.12. The molecule has 14 heavy (non-hydrogen) atoms. The Hall–Kier alpha value is -1.07. The van der Waals surface area contributed by atoms with Gasteiger partial charge in [0.05, 0.1) is 0 Å². The van der Waals surface area contributed by atoms with Crippen molar-refractivity contribution in [3.8, 4) is 0 Å². The number of carbonyl (C=O) groups is 1. The second kappa shape index (κ2) is 4.43. The predicted molar refractivity (Wildman–Crippen MR) is 59.8 cm³/mol. The van der Waals surface area contributed by atoms with Gasteiger partial charge in [0.1, 0.15) is 0 Å². The van der Waals surface area contributed by atoms with Gasteiger partial charge in [-0.3, -0.25) is 5.01 Å². The van der Waals surface area contributed by atoms with E-state index in [2.05, 4.69) is 21.2 Å². The van der Waals surface area contributed by atoms with Gasteiger partial charge in [-0.15, -0.1) is 0 Å². The van der Waals surface area contributed by atoms with E-state index in [1.165, 1.54) is 7.05 Å². The maximum absolute atomic E-state index is 11.2. The molecule has 3 N–H and O–H groups in total. The number of rotatable bonds is 1. The van der Waals surface area contributed by atoms with E-state index in [1.54, 1.807) is 6.07 Å². The Morgan fingerprint density at radius 2 is 2.21 bits per heavy atom. The molecule has 0 radical (unpaired) electrons. The van der Waals surface area contributed by atoms with E-state index in [-0.39, 0.29) is 6.03 Å². The number of halogens is 1. The Morgan fingerprint density at radius 3 is 2.71 bits per heavy atom. The summed E-state index contributed by atoms with van der Waals surface area (Å²) < 4.78 is 1.01. The smallest absolute Gasteiger partial charge is 0.307 e. The van der Waals surface area contributed by atoms with Crippen LogP contribution in [0.25, 0.3) is 0 Å². The van der Waals surface area contributed by atoms with Gasteiger partial charge in [-0.25, -0.2) is 10.6 Å². The van der Waals surface area contributed by atoms with E-state index in [0.717, 1.165) is 20.7 Å². The SMILES string of the molecule is Cc1cc(NC(=O)N(C)N)ccc1Br. The molecular weight excluding hydrogens is 246 g/mol. The molecule has 0 saturated heterocycles. The van der Waals surface area contributed by atoms with Crippen LogP contribution in [0.3, 0.4) is 0 Å². The van der Waals surface area contributed by atoms with Gasteiger partial charge in [0.2, 0.25) is 0 Å². The largest absolute Gasteiger partial charge is 0.335 e. The number of anilines is 1. The summed E-state index contributed by atoms with van der Waals surface area (Å²) in [6, 6.07) is 5.21. The third-order valence-corrected chi connectivity index (χ3v) is 2.62. The molecular formula is C9H12BrN3O. The fraction of sp³-hybridized carbons (Fsp3) is 0.222. The number of hydrazine groups is 1. The van der Waals surface area contributed by atoms with Crippen molar-refractivity contribution in [1.29, 1.82) is 0 Å². The van der Waals surface area contributed by atoms with Gasteiger partial charge in [-0.1, -0.05) is 15.9 Å². The van der Waals surface area contributed by atoms with Crippen molar-refractivity contribution in [2.45, 2.75) is 6.92 Å². The lowest BCUT2D eigenvalue weighted by Crippen LogP contribution is -2.36. The average Bonchev–Trinajstić information content (AvgIpc) is 2.11. The Kier molecular flexibility index (Phi) is 3.49. The van der Waals surface area contributed by atoms with Crippen molar-refractivity contribution in [2.75, 3.05) is 12.4 Å². The molecule has 0 fully saturated rings. The van der Waals surface area contributed by atoms with Crippen LogP contribution in [0, 0.1) is 6.92 Å². The Morgan fingerprint density at radius 1 is 1.57 bits per heavy atom. The standard InChI is InChI=1S/C9H12BrN3O/c1-6-5-7(3-4-8(6)10)12-9(14)13(2)11/h3-5H,11H2,1-2H3,(H,12,14). The molecule has 0 aromatic heterocycles. The van der Waals surface area contributed by atoms with Gasteiger partial charge >= 0.3 is 6.03 Å². The first-order valence-corrected chi connectivity index (χ1v) is 4.85. The van der Waals surface area contributed by atoms with Crippen LogP contribution in [0.4, 0.5) is 10.5 Å². The zero-order chi connectivity index (χ0) is 10.7. The van der Waals surface area contributed by atoms with Crippen LogP contribution in [0.15, 0.2) is 22.7 Å². The van der Waals surface area contributed by atoms with Gasteiger partial charge in [-0.2, -0.15) is 0 Å². The molecule has 0 atom stereocenters. The second-order valence-corrected chi connectivity index (χ2v) is 3.86. The summed E-state index contributed by atoms with van der Waals surface area (Å²) in [5.74, 6) is 5.26. The van der Waals surface area contributed by atoms with Crippen LogP contribution < -0.4 is 11.2 Å². The van der Waals surface area contributed by atoms with E-state index in [9.17, 15) is 4.79 Å². The van der Waals surface area contributed by atoms with Crippen molar-refractivity contribution in [1.82, 2.24) is 5.01 Å². The number of amides is 2. The Labute approximate surface area is 91.2 Å². The molecule has 0 aliphatic heterocycles. The minimum absolute atomic E-state index is 0.341. The van der Waals surface area contributed by atoms with E-state index < -0.39 is 0 Å². The summed E-state index contributed by atoms with van der Waals surface area (Å²) in [5.41, 5.74) is 1.79. The Balaban J connectivity index is 2.78. The monoisotopic (exact) mass is 257 g/mol. The minimum Gasteiger partial charge on any atom is -0.307 e. The number of nitrogens with two attached hydrogens (primary N) is 1. The van der Waals surface area contributed by atoms with Crippen molar-refractivity contribution >= 4 is 27.6 Å². The van der Waals surface area contributed by atoms with Gasteiger partial charge in [0, 0.05) is 17.2 Å². The molecule has 1 aromatic carbocycles. The predicted octanol–water partition coefficient (Wildman–Crippen LogP) is 2.09. The molecule has 76 valence electrons. The summed E-state index contributed by atoms with van der Waals surface area (Å²) >= 11 is 3.38. The first-order valence-electron chi connectivity index (χ1n) is 4.06. The van der Waals surface area contributed by atoms with E-state index in [4.69, 9.17) is 5.84 Å². The van der Waals surface area contributed by atoms with Gasteiger partial charge in [0.25, 0.3) is 0 Å². The number of carbonyl (C=O) groups excluding carboxylic acids is 1. The van der Waals surface area contributed by atoms with Crippen LogP contribution in [0.5, 0.6) is 0 Å². The highest BCUT2D eigenvalue weighted by Crippen LogP contribution is 2.19. The van der Waals surface area contributed by atoms with Crippen LogP contribution in [0.2, 0.25) is 0 Å². The molecule has 4 nitrogen and oxygen atoms in total. The molecule has 0 aliphatic carbocycles. The maximum Gasteiger partial charge on any atom is 0.335 e. The molecule has 0 bridgehead atoms. The topological polar surface area (TPSA) is 58.4 Å². The summed E-state index contributed by atoms with van der Waals surface area (Å²) in [6.07, 6.45) is 0. The highest BCUT2D eigenvalue weighted by atomic mass is 79.9. The summed E-state index contributed by atoms with van der Waals surface area (Å²) in [7, 11) is 1.49. The fourth-order valence-corrected chi connectivity index (χ4v) is 1.18. The van der Waals surface area contributed by atoms with E-state index in [1.807, 2.05) is 19.1 Å². The zero-order valence-electron chi connectivity index (χ0n) is 8.04. The molecule has 5 heteroatoms. The maximum atomic E-state index is 11.2. The first-order chi connectivity index (χ1) is 6.50. The van der Waals surface area contributed by atoms with Crippen LogP contribution in [-0.2, 0) is 0 Å². The van der Waals surface area contributed by atoms with E-state index >= 15 is 0 Å². The van der Waals surface area contributed by atoms with Crippen LogP contribution in [0.1, 0.15) is 5.56 Å². The number of benzene rings is 1. The zero-order valence-corrected chi connectivity index (χ0v) is 9.63. The molecule has 1 rings (SSSR count). The molecule has 0 spiro atoms. The number of aryl methyl sites for hydroxylation is 1. The third kappa shape index (κ3) is 2.71. The number of hydrogen-bond acceptors (Lipinski definition) is 2. The van der Waals surface area contributed by atoms with Crippen molar-refractivity contribution in [3.63, 3.8) is 0 Å². The number of urea groups is 1. The molecule has 0 unspecified atom stereocenters. The summed E-state index contributed by atoms with van der Waals surface area (Å²) in [6.45, 7) is 1.95. The molecule has 0 saturated carbocycles.